The highest BCUT2D eigenvalue weighted by Gasteiger charge is 1.92. The van der Waals surface area contributed by atoms with E-state index in [0.717, 1.165) is 13.0 Å². The Bertz CT molecular complexity index is 214. The van der Waals surface area contributed by atoms with Crippen molar-refractivity contribution in [1.82, 2.24) is 0 Å². The topological polar surface area (TPSA) is 157 Å². The van der Waals surface area contributed by atoms with Crippen LogP contribution in [0, 0.1) is 0 Å². The largest absolute Gasteiger partial charge is 0.380 e. The fourth-order valence-corrected chi connectivity index (χ4v) is 0.432. The summed E-state index contributed by atoms with van der Waals surface area (Å²) in [6.45, 7) is -3.25. The molecule has 0 aliphatic carbocycles. The van der Waals surface area contributed by atoms with Gasteiger partial charge in [-0.1, -0.05) is 13.3 Å². The summed E-state index contributed by atoms with van der Waals surface area (Å²) in [5.74, 6) is 0. The third-order valence-electron chi connectivity index (χ3n) is 0.904. The normalized spacial score (nSPS) is 10.9. The third-order valence-corrected chi connectivity index (χ3v) is 0.904. The van der Waals surface area contributed by atoms with Crippen LogP contribution in [0.2, 0.25) is 0 Å². The highest BCUT2D eigenvalue weighted by Crippen LogP contribution is 2.26. The van der Waals surface area contributed by atoms with Gasteiger partial charge >= 0.3 is 13.4 Å². The Morgan fingerprint density at radius 1 is 0.944 bits per heavy atom. The van der Waals surface area contributed by atoms with Gasteiger partial charge in [0, 0.05) is 13.2 Å². The summed E-state index contributed by atoms with van der Waals surface area (Å²) in [4.78, 5) is 45.3. The number of hydrogen-bond acceptors (Lipinski definition) is 4. The minimum atomic E-state index is -3.81. The van der Waals surface area contributed by atoms with Gasteiger partial charge < -0.3 is 39.8 Å². The first-order chi connectivity index (χ1) is 7.91. The molecular formula is C6H21NO7P2S2. The first-order valence-corrected chi connectivity index (χ1v) is 10.1. The fraction of sp³-hybridized carbons (Fsp3) is 1.00. The molecule has 0 aromatic heterocycles. The Labute approximate surface area is 117 Å². The summed E-state index contributed by atoms with van der Waals surface area (Å²) in [6.07, 6.45) is 2.35. The van der Waals surface area contributed by atoms with E-state index >= 15 is 0 Å². The lowest BCUT2D eigenvalue weighted by Crippen LogP contribution is -2.08. The van der Waals surface area contributed by atoms with E-state index in [9.17, 15) is 0 Å². The van der Waals surface area contributed by atoms with E-state index in [0.29, 0.717) is 13.2 Å². The zero-order valence-corrected chi connectivity index (χ0v) is 13.3. The fourth-order valence-electron chi connectivity index (χ4n) is 0.432. The SMILES string of the molecule is CCCCOCCN.OP(O)(O)=S.OP(O)(O)=S. The number of hydrogen-bond donors (Lipinski definition) is 7. The van der Waals surface area contributed by atoms with Crippen molar-refractivity contribution in [3.8, 4) is 0 Å². The lowest BCUT2D eigenvalue weighted by molar-refractivity contribution is 0.138. The highest BCUT2D eigenvalue weighted by molar-refractivity contribution is 8.06. The quantitative estimate of drug-likeness (QED) is 0.247. The standard InChI is InChI=1S/C6H15NO.2H3O3PS/c1-2-3-5-8-6-4-7;2*1-4(2,3)5/h2-7H2,1H3;2*(H3,1,2,3,5). The van der Waals surface area contributed by atoms with E-state index < -0.39 is 13.4 Å². The van der Waals surface area contributed by atoms with Crippen molar-refractivity contribution in [3.05, 3.63) is 0 Å². The Balaban J connectivity index is -0.000000197. The molecule has 0 rings (SSSR count). The molecule has 0 unspecified atom stereocenters. The molecule has 8 N–H and O–H groups in total. The van der Waals surface area contributed by atoms with Crippen LogP contribution in [-0.4, -0.2) is 49.1 Å². The van der Waals surface area contributed by atoms with Crippen LogP contribution in [-0.2, 0) is 28.4 Å². The molecule has 114 valence electrons. The third kappa shape index (κ3) is 121. The number of nitrogens with two attached hydrogens (primary N) is 1. The van der Waals surface area contributed by atoms with Gasteiger partial charge in [-0.25, -0.2) is 0 Å². The van der Waals surface area contributed by atoms with Crippen LogP contribution in [0.15, 0.2) is 0 Å². The van der Waals surface area contributed by atoms with Crippen molar-refractivity contribution in [2.45, 2.75) is 19.8 Å². The lowest BCUT2D eigenvalue weighted by Gasteiger charge is -1.97. The number of rotatable bonds is 5. The van der Waals surface area contributed by atoms with Crippen molar-refractivity contribution < 1.29 is 34.1 Å². The van der Waals surface area contributed by atoms with Crippen LogP contribution >= 0.6 is 13.4 Å². The van der Waals surface area contributed by atoms with Gasteiger partial charge in [0.05, 0.1) is 6.61 Å². The second-order valence-electron chi connectivity index (χ2n) is 2.78. The van der Waals surface area contributed by atoms with Crippen molar-refractivity contribution in [2.75, 3.05) is 19.8 Å². The summed E-state index contributed by atoms with van der Waals surface area (Å²) in [5.41, 5.74) is 5.19. The van der Waals surface area contributed by atoms with Crippen molar-refractivity contribution >= 4 is 37.1 Å². The Hall–Kier alpha value is 0.980. The molecule has 0 amide bonds. The molecular weight excluding hydrogens is 324 g/mol. The minimum Gasteiger partial charge on any atom is -0.380 e. The zero-order chi connectivity index (χ0) is 15.2. The van der Waals surface area contributed by atoms with Gasteiger partial charge in [-0.2, -0.15) is 0 Å². The molecule has 0 saturated carbocycles. The van der Waals surface area contributed by atoms with Gasteiger partial charge in [0.25, 0.3) is 0 Å². The number of unbranched alkanes of at least 4 members (excludes halogenated alkanes) is 1. The first-order valence-electron chi connectivity index (χ1n) is 4.76. The molecule has 0 saturated heterocycles. The van der Waals surface area contributed by atoms with Crippen molar-refractivity contribution in [2.24, 2.45) is 5.73 Å². The highest BCUT2D eigenvalue weighted by atomic mass is 32.5. The maximum absolute atomic E-state index is 7.56. The molecule has 0 aliphatic heterocycles. The van der Waals surface area contributed by atoms with E-state index in [4.69, 9.17) is 39.8 Å². The Kier molecular flexibility index (Phi) is 19.2. The summed E-state index contributed by atoms with van der Waals surface area (Å²) >= 11 is 7.21. The van der Waals surface area contributed by atoms with Crippen LogP contribution in [0.5, 0.6) is 0 Å². The van der Waals surface area contributed by atoms with Gasteiger partial charge in [-0.15, -0.1) is 0 Å². The van der Waals surface area contributed by atoms with Gasteiger partial charge in [-0.3, -0.25) is 0 Å². The van der Waals surface area contributed by atoms with E-state index in [1.165, 1.54) is 6.42 Å². The molecule has 0 heterocycles. The number of ether oxygens (including phenoxy) is 1. The molecule has 0 fully saturated rings. The molecule has 8 nitrogen and oxygen atoms in total. The second kappa shape index (κ2) is 14.4. The summed E-state index contributed by atoms with van der Waals surface area (Å²) in [5, 5.41) is 0. The summed E-state index contributed by atoms with van der Waals surface area (Å²) in [6, 6.07) is 0. The Morgan fingerprint density at radius 2 is 1.28 bits per heavy atom. The van der Waals surface area contributed by atoms with E-state index in [1.807, 2.05) is 0 Å². The van der Waals surface area contributed by atoms with E-state index in [-0.39, 0.29) is 0 Å². The molecule has 12 heteroatoms. The molecule has 0 aliphatic rings. The van der Waals surface area contributed by atoms with Crippen molar-refractivity contribution in [1.29, 1.82) is 0 Å². The van der Waals surface area contributed by atoms with E-state index in [1.54, 1.807) is 0 Å². The minimum absolute atomic E-state index is 0.643. The van der Waals surface area contributed by atoms with Gasteiger partial charge in [0.1, 0.15) is 0 Å². The molecule has 0 radical (unpaired) electrons. The predicted octanol–water partition coefficient (Wildman–Crippen LogP) is -0.863. The maximum Gasteiger partial charge on any atom is 0.319 e. The predicted molar refractivity (Wildman–Crippen MR) is 76.7 cm³/mol. The van der Waals surface area contributed by atoms with Crippen LogP contribution in [0.25, 0.3) is 0 Å². The average Bonchev–Trinajstić information content (AvgIpc) is 2.07. The zero-order valence-electron chi connectivity index (χ0n) is 9.92. The smallest absolute Gasteiger partial charge is 0.319 e. The van der Waals surface area contributed by atoms with Crippen LogP contribution in [0.1, 0.15) is 19.8 Å². The van der Waals surface area contributed by atoms with Gasteiger partial charge in [-0.05, 0) is 30.0 Å². The summed E-state index contributed by atoms with van der Waals surface area (Å²) < 4.78 is 5.10. The molecule has 0 spiro atoms. The second-order valence-corrected chi connectivity index (χ2v) is 7.77. The van der Waals surface area contributed by atoms with Crippen LogP contribution in [0.3, 0.4) is 0 Å². The summed E-state index contributed by atoms with van der Waals surface area (Å²) in [7, 11) is 0. The molecule has 0 aromatic carbocycles. The first kappa shape index (κ1) is 24.0. The van der Waals surface area contributed by atoms with Crippen molar-refractivity contribution in [3.63, 3.8) is 0 Å². The lowest BCUT2D eigenvalue weighted by atomic mass is 10.4. The Morgan fingerprint density at radius 3 is 1.50 bits per heavy atom. The van der Waals surface area contributed by atoms with Crippen LogP contribution in [0.4, 0.5) is 0 Å². The maximum atomic E-state index is 7.56. The molecule has 0 aromatic rings. The molecule has 0 bridgehead atoms. The average molecular weight is 345 g/mol. The molecule has 18 heavy (non-hydrogen) atoms. The van der Waals surface area contributed by atoms with Crippen LogP contribution < -0.4 is 5.73 Å². The molecule has 0 atom stereocenters. The van der Waals surface area contributed by atoms with Gasteiger partial charge in [0.15, 0.2) is 0 Å². The van der Waals surface area contributed by atoms with E-state index in [2.05, 4.69) is 30.5 Å². The van der Waals surface area contributed by atoms with Gasteiger partial charge in [0.2, 0.25) is 0 Å². The monoisotopic (exact) mass is 345 g/mol.